The Morgan fingerprint density at radius 1 is 1.26 bits per heavy atom. The largest absolute Gasteiger partial charge is 0.418 e. The molecule has 2 amide bonds. The van der Waals surface area contributed by atoms with Gasteiger partial charge in [0, 0.05) is 20.1 Å². The van der Waals surface area contributed by atoms with Crippen molar-refractivity contribution in [3.63, 3.8) is 0 Å². The Balaban J connectivity index is 1.53. The van der Waals surface area contributed by atoms with Crippen molar-refractivity contribution in [3.8, 4) is 0 Å². The zero-order chi connectivity index (χ0) is 24.5. The smallest absolute Gasteiger partial charge is 0.359 e. The summed E-state index contributed by atoms with van der Waals surface area (Å²) < 4.78 is 40.7. The van der Waals surface area contributed by atoms with Gasteiger partial charge in [0.25, 0.3) is 5.56 Å². The van der Waals surface area contributed by atoms with E-state index in [4.69, 9.17) is 0 Å². The van der Waals surface area contributed by atoms with E-state index in [1.165, 1.54) is 12.1 Å². The van der Waals surface area contributed by atoms with Crippen molar-refractivity contribution in [1.29, 1.82) is 0 Å². The molecule has 13 heteroatoms. The highest BCUT2D eigenvalue weighted by Gasteiger charge is 2.33. The predicted octanol–water partition coefficient (Wildman–Crippen LogP) is 2.47. The first-order valence-corrected chi connectivity index (χ1v) is 11.3. The molecule has 3 aromatic rings. The number of hydrogen-bond acceptors (Lipinski definition) is 7. The molecule has 0 bridgehead atoms. The number of carbonyl (C=O) groups excluding carboxylic acids is 2. The summed E-state index contributed by atoms with van der Waals surface area (Å²) in [6.07, 6.45) is -1.93. The third kappa shape index (κ3) is 4.88. The molecular formula is C21H21F3N6O3S. The van der Waals surface area contributed by atoms with Gasteiger partial charge in [0.2, 0.25) is 11.8 Å². The quantitative estimate of drug-likeness (QED) is 0.564. The van der Waals surface area contributed by atoms with E-state index in [2.05, 4.69) is 20.6 Å². The summed E-state index contributed by atoms with van der Waals surface area (Å²) in [5.74, 6) is -1.03. The lowest BCUT2D eigenvalue weighted by molar-refractivity contribution is -0.137. The summed E-state index contributed by atoms with van der Waals surface area (Å²) in [6, 6.07) is 4.61. The van der Waals surface area contributed by atoms with Gasteiger partial charge in [0.05, 0.1) is 17.2 Å². The van der Waals surface area contributed by atoms with Gasteiger partial charge < -0.3 is 15.5 Å². The molecule has 0 aliphatic carbocycles. The number of carbonyl (C=O) groups is 2. The van der Waals surface area contributed by atoms with Crippen LogP contribution in [-0.2, 0) is 22.3 Å². The van der Waals surface area contributed by atoms with Gasteiger partial charge in [-0.15, -0.1) is 0 Å². The van der Waals surface area contributed by atoms with Crippen molar-refractivity contribution < 1.29 is 22.8 Å². The molecule has 0 radical (unpaired) electrons. The number of benzene rings is 1. The second-order valence-corrected chi connectivity index (χ2v) is 8.80. The fourth-order valence-corrected chi connectivity index (χ4v) is 4.84. The molecule has 1 saturated heterocycles. The van der Waals surface area contributed by atoms with E-state index in [-0.39, 0.29) is 22.2 Å². The van der Waals surface area contributed by atoms with E-state index in [1.54, 1.807) is 7.05 Å². The van der Waals surface area contributed by atoms with Gasteiger partial charge in [-0.2, -0.15) is 18.2 Å². The highest BCUT2D eigenvalue weighted by atomic mass is 32.1. The Labute approximate surface area is 195 Å². The van der Waals surface area contributed by atoms with Crippen molar-refractivity contribution in [2.75, 3.05) is 30.4 Å². The van der Waals surface area contributed by atoms with Crippen LogP contribution in [0.2, 0.25) is 0 Å². The minimum absolute atomic E-state index is 0.0515. The molecule has 1 aliphatic heterocycles. The zero-order valence-electron chi connectivity index (χ0n) is 18.1. The molecule has 1 aliphatic rings. The van der Waals surface area contributed by atoms with Crippen LogP contribution in [0, 0.1) is 5.92 Å². The van der Waals surface area contributed by atoms with Crippen LogP contribution in [0.5, 0.6) is 0 Å². The second-order valence-electron chi connectivity index (χ2n) is 7.82. The first-order valence-electron chi connectivity index (χ1n) is 10.5. The number of anilines is 2. The van der Waals surface area contributed by atoms with Gasteiger partial charge >= 0.3 is 6.18 Å². The summed E-state index contributed by atoms with van der Waals surface area (Å²) in [6.45, 7) is 0.640. The van der Waals surface area contributed by atoms with Crippen molar-refractivity contribution in [1.82, 2.24) is 19.9 Å². The average molecular weight is 494 g/mol. The number of alkyl halides is 3. The van der Waals surface area contributed by atoms with Gasteiger partial charge in [0.1, 0.15) is 17.6 Å². The van der Waals surface area contributed by atoms with Gasteiger partial charge in [-0.05, 0) is 25.0 Å². The average Bonchev–Trinajstić information content (AvgIpc) is 3.25. The van der Waals surface area contributed by atoms with Crippen LogP contribution in [-0.4, -0.2) is 46.5 Å². The molecule has 0 spiro atoms. The Morgan fingerprint density at radius 3 is 2.76 bits per heavy atom. The van der Waals surface area contributed by atoms with Gasteiger partial charge in [-0.25, -0.2) is 4.98 Å². The van der Waals surface area contributed by atoms with Crippen LogP contribution < -0.4 is 21.1 Å². The SMILES string of the molecule is CNC(=O)[C@H]1CCCN(c2nc3ncn(CC(=O)Nc4ccccc4C(F)(F)F)c(=O)c3s2)C1. The maximum absolute atomic E-state index is 13.2. The van der Waals surface area contributed by atoms with Gasteiger partial charge in [0.15, 0.2) is 10.8 Å². The maximum Gasteiger partial charge on any atom is 0.418 e. The predicted molar refractivity (Wildman–Crippen MR) is 121 cm³/mol. The van der Waals surface area contributed by atoms with E-state index in [1.807, 2.05) is 4.90 Å². The van der Waals surface area contributed by atoms with Crippen LogP contribution >= 0.6 is 11.3 Å². The van der Waals surface area contributed by atoms with Gasteiger partial charge in [-0.1, -0.05) is 23.5 Å². The molecule has 34 heavy (non-hydrogen) atoms. The minimum atomic E-state index is -4.63. The normalized spacial score (nSPS) is 16.5. The number of piperidine rings is 1. The number of nitrogens with one attached hydrogen (secondary N) is 2. The van der Waals surface area contributed by atoms with E-state index in [0.717, 1.165) is 47.2 Å². The summed E-state index contributed by atoms with van der Waals surface area (Å²) in [4.78, 5) is 47.8. The van der Waals surface area contributed by atoms with E-state index >= 15 is 0 Å². The van der Waals surface area contributed by atoms with Crippen LogP contribution in [0.25, 0.3) is 10.3 Å². The third-order valence-corrected chi connectivity index (χ3v) is 6.60. The van der Waals surface area contributed by atoms with Crippen molar-refractivity contribution in [2.24, 2.45) is 5.92 Å². The molecule has 9 nitrogen and oxygen atoms in total. The van der Waals surface area contributed by atoms with Gasteiger partial charge in [-0.3, -0.25) is 19.0 Å². The number of aromatic nitrogens is 3. The molecular weight excluding hydrogens is 473 g/mol. The number of nitrogens with zero attached hydrogens (tertiary/aromatic N) is 4. The van der Waals surface area contributed by atoms with Crippen molar-refractivity contribution in [3.05, 3.63) is 46.5 Å². The molecule has 0 saturated carbocycles. The minimum Gasteiger partial charge on any atom is -0.359 e. The fraction of sp³-hybridized carbons (Fsp3) is 0.381. The Bertz CT molecular complexity index is 1290. The topological polar surface area (TPSA) is 109 Å². The molecule has 0 unspecified atom stereocenters. The second kappa shape index (κ2) is 9.41. The number of rotatable bonds is 5. The standard InChI is InChI=1S/C21H21F3N6O3S/c1-25-18(32)12-5-4-8-29(9-12)20-28-17-16(34-20)19(33)30(11-26-17)10-15(31)27-14-7-3-2-6-13(14)21(22,23)24/h2-3,6-7,11-12H,4-5,8-10H2,1H3,(H,25,32)(H,27,31)/t12-/m0/s1. The molecule has 1 atom stereocenters. The number of hydrogen-bond donors (Lipinski definition) is 2. The fourth-order valence-electron chi connectivity index (χ4n) is 3.84. The lowest BCUT2D eigenvalue weighted by Crippen LogP contribution is -2.42. The zero-order valence-corrected chi connectivity index (χ0v) is 18.9. The van der Waals surface area contributed by atoms with Crippen LogP contribution in [0.4, 0.5) is 24.0 Å². The Morgan fingerprint density at radius 2 is 2.03 bits per heavy atom. The van der Waals surface area contributed by atoms with Crippen LogP contribution in [0.15, 0.2) is 35.4 Å². The lowest BCUT2D eigenvalue weighted by atomic mass is 9.98. The highest BCUT2D eigenvalue weighted by molar-refractivity contribution is 7.22. The number of fused-ring (bicyclic) bond motifs is 1. The molecule has 3 heterocycles. The third-order valence-electron chi connectivity index (χ3n) is 5.50. The summed E-state index contributed by atoms with van der Waals surface area (Å²) in [5.41, 5.74) is -1.68. The Hall–Kier alpha value is -3.48. The van der Waals surface area contributed by atoms with Crippen molar-refractivity contribution >= 4 is 44.3 Å². The lowest BCUT2D eigenvalue weighted by Gasteiger charge is -2.31. The molecule has 180 valence electrons. The number of para-hydroxylation sites is 1. The summed E-state index contributed by atoms with van der Waals surface area (Å²) in [5, 5.41) is 5.41. The monoisotopic (exact) mass is 494 g/mol. The summed E-state index contributed by atoms with van der Waals surface area (Å²) >= 11 is 1.11. The number of amides is 2. The first kappa shape index (κ1) is 23.7. The van der Waals surface area contributed by atoms with E-state index in [0.29, 0.717) is 18.2 Å². The number of halogens is 3. The number of thiazole rings is 1. The summed E-state index contributed by atoms with van der Waals surface area (Å²) in [7, 11) is 1.59. The molecule has 4 rings (SSSR count). The van der Waals surface area contributed by atoms with Crippen LogP contribution in [0.1, 0.15) is 18.4 Å². The Kier molecular flexibility index (Phi) is 6.55. The van der Waals surface area contributed by atoms with Crippen molar-refractivity contribution in [2.45, 2.75) is 25.6 Å². The highest BCUT2D eigenvalue weighted by Crippen LogP contribution is 2.34. The van der Waals surface area contributed by atoms with Crippen LogP contribution in [0.3, 0.4) is 0 Å². The molecule has 2 aromatic heterocycles. The van der Waals surface area contributed by atoms with E-state index in [9.17, 15) is 27.6 Å². The molecule has 1 fully saturated rings. The first-order chi connectivity index (χ1) is 16.2. The maximum atomic E-state index is 13.2. The van der Waals surface area contributed by atoms with E-state index < -0.39 is 35.4 Å². The molecule has 1 aromatic carbocycles. The molecule has 2 N–H and O–H groups in total.